The Hall–Kier alpha value is -2.97. The van der Waals surface area contributed by atoms with E-state index in [0.29, 0.717) is 38.4 Å². The van der Waals surface area contributed by atoms with Gasteiger partial charge in [0.25, 0.3) is 5.91 Å². The fourth-order valence-corrected chi connectivity index (χ4v) is 5.29. The number of anilines is 1. The van der Waals surface area contributed by atoms with Crippen LogP contribution in [0.1, 0.15) is 34.2 Å². The van der Waals surface area contributed by atoms with Gasteiger partial charge in [0.2, 0.25) is 0 Å². The van der Waals surface area contributed by atoms with E-state index in [-0.39, 0.29) is 23.4 Å². The molecule has 3 aliphatic rings. The Morgan fingerprint density at radius 2 is 1.81 bits per heavy atom. The standard InChI is InChI=1S/C23H26F3N5O/c1-14(2)29-8-7-19-17(13-29)21(28-27-19)22(32)31-11-15-9-30(10-16(15)12-31)20-6-4-3-5-18(20)23(24,25)26/h3-6,15-16H,1,7-13H2,2H3,(H,27,28)/t15-,16+. The number of aromatic nitrogens is 2. The smallest absolute Gasteiger partial charge is 0.371 e. The van der Waals surface area contributed by atoms with E-state index in [0.717, 1.165) is 36.0 Å². The number of likely N-dealkylation sites (tertiary alicyclic amines) is 1. The van der Waals surface area contributed by atoms with E-state index in [1.54, 1.807) is 6.07 Å². The first kappa shape index (κ1) is 20.9. The van der Waals surface area contributed by atoms with Crippen LogP contribution in [0.15, 0.2) is 36.5 Å². The Morgan fingerprint density at radius 3 is 2.47 bits per heavy atom. The number of carbonyl (C=O) groups excluding carboxylic acids is 1. The van der Waals surface area contributed by atoms with E-state index in [9.17, 15) is 18.0 Å². The maximum atomic E-state index is 13.4. The number of alkyl halides is 3. The molecule has 0 unspecified atom stereocenters. The first-order valence-corrected chi connectivity index (χ1v) is 10.9. The number of para-hydroxylation sites is 1. The molecule has 2 fully saturated rings. The minimum absolute atomic E-state index is 0.0947. The van der Waals surface area contributed by atoms with E-state index in [2.05, 4.69) is 21.7 Å². The van der Waals surface area contributed by atoms with E-state index >= 15 is 0 Å². The van der Waals surface area contributed by atoms with Crippen molar-refractivity contribution in [1.29, 1.82) is 0 Å². The Balaban J connectivity index is 1.29. The van der Waals surface area contributed by atoms with E-state index < -0.39 is 11.7 Å². The van der Waals surface area contributed by atoms with Crippen molar-refractivity contribution in [1.82, 2.24) is 20.0 Å². The van der Waals surface area contributed by atoms with Crippen LogP contribution in [0.5, 0.6) is 0 Å². The van der Waals surface area contributed by atoms with Crippen molar-refractivity contribution in [3.8, 4) is 0 Å². The largest absolute Gasteiger partial charge is 0.418 e. The Labute approximate surface area is 184 Å². The SMILES string of the molecule is C=C(C)N1CCc2[nH]nc(C(=O)N3C[C@@H]4CN(c5ccccc5C(F)(F)F)C[C@@H]4C3)c2C1. The van der Waals surface area contributed by atoms with Gasteiger partial charge < -0.3 is 14.7 Å². The topological polar surface area (TPSA) is 55.5 Å². The summed E-state index contributed by atoms with van der Waals surface area (Å²) in [5, 5.41) is 7.34. The highest BCUT2D eigenvalue weighted by Crippen LogP contribution is 2.41. The van der Waals surface area contributed by atoms with E-state index in [1.807, 2.05) is 16.7 Å². The fourth-order valence-electron chi connectivity index (χ4n) is 5.29. The van der Waals surface area contributed by atoms with Crippen LogP contribution >= 0.6 is 0 Å². The lowest BCUT2D eigenvalue weighted by Gasteiger charge is -2.29. The van der Waals surface area contributed by atoms with Gasteiger partial charge in [-0.2, -0.15) is 18.3 Å². The first-order valence-electron chi connectivity index (χ1n) is 10.9. The molecule has 0 spiro atoms. The molecule has 2 saturated heterocycles. The molecule has 0 bridgehead atoms. The average Bonchev–Trinajstić information content (AvgIpc) is 3.45. The molecule has 5 rings (SSSR count). The second kappa shape index (κ2) is 7.56. The number of halogens is 3. The molecule has 32 heavy (non-hydrogen) atoms. The molecule has 1 amide bonds. The van der Waals surface area contributed by atoms with Gasteiger partial charge in [0, 0.05) is 80.2 Å². The third kappa shape index (κ3) is 3.53. The van der Waals surface area contributed by atoms with Crippen LogP contribution in [0.4, 0.5) is 18.9 Å². The maximum absolute atomic E-state index is 13.4. The summed E-state index contributed by atoms with van der Waals surface area (Å²) in [5.74, 6) is 0.214. The van der Waals surface area contributed by atoms with Gasteiger partial charge in [-0.25, -0.2) is 0 Å². The molecule has 0 saturated carbocycles. The van der Waals surface area contributed by atoms with Crippen LogP contribution in [0.3, 0.4) is 0 Å². The second-order valence-electron chi connectivity index (χ2n) is 9.09. The number of hydrogen-bond acceptors (Lipinski definition) is 4. The molecule has 0 aliphatic carbocycles. The zero-order valence-electron chi connectivity index (χ0n) is 18.0. The van der Waals surface area contributed by atoms with Crippen molar-refractivity contribution < 1.29 is 18.0 Å². The summed E-state index contributed by atoms with van der Waals surface area (Å²) in [7, 11) is 0. The third-order valence-electron chi connectivity index (χ3n) is 7.00. The lowest BCUT2D eigenvalue weighted by atomic mass is 10.0. The van der Waals surface area contributed by atoms with Crippen LogP contribution in [0.25, 0.3) is 0 Å². The molecule has 2 atom stereocenters. The number of amides is 1. The van der Waals surface area contributed by atoms with Crippen LogP contribution in [0, 0.1) is 11.8 Å². The second-order valence-corrected chi connectivity index (χ2v) is 9.09. The molecule has 0 radical (unpaired) electrons. The summed E-state index contributed by atoms with van der Waals surface area (Å²) in [6, 6.07) is 5.73. The number of allylic oxidation sites excluding steroid dienone is 1. The van der Waals surface area contributed by atoms with Gasteiger partial charge in [0.15, 0.2) is 5.69 Å². The number of aromatic amines is 1. The summed E-state index contributed by atoms with van der Waals surface area (Å²) in [5.41, 5.74) is 2.99. The van der Waals surface area contributed by atoms with E-state index in [1.165, 1.54) is 12.1 Å². The molecule has 4 heterocycles. The molecule has 1 aromatic heterocycles. The number of hydrogen-bond donors (Lipinski definition) is 1. The molecular formula is C23H26F3N5O. The lowest BCUT2D eigenvalue weighted by molar-refractivity contribution is -0.137. The highest BCUT2D eigenvalue weighted by Gasteiger charge is 2.44. The molecule has 1 aromatic carbocycles. The Kier molecular flexibility index (Phi) is 4.94. The highest BCUT2D eigenvalue weighted by atomic mass is 19.4. The summed E-state index contributed by atoms with van der Waals surface area (Å²) in [6.07, 6.45) is -3.59. The number of carbonyl (C=O) groups is 1. The molecular weight excluding hydrogens is 419 g/mol. The van der Waals surface area contributed by atoms with Crippen LogP contribution in [-0.4, -0.2) is 58.6 Å². The van der Waals surface area contributed by atoms with Gasteiger partial charge in [0.1, 0.15) is 0 Å². The van der Waals surface area contributed by atoms with Gasteiger partial charge in [-0.05, 0) is 19.1 Å². The van der Waals surface area contributed by atoms with Crippen molar-refractivity contribution in [2.45, 2.75) is 26.1 Å². The zero-order chi connectivity index (χ0) is 22.6. The van der Waals surface area contributed by atoms with Crippen molar-refractivity contribution in [2.75, 3.05) is 37.6 Å². The Bertz CT molecular complexity index is 1050. The van der Waals surface area contributed by atoms with Crippen LogP contribution in [-0.2, 0) is 19.1 Å². The number of nitrogens with zero attached hydrogens (tertiary/aromatic N) is 4. The van der Waals surface area contributed by atoms with Gasteiger partial charge in [-0.3, -0.25) is 9.89 Å². The number of fused-ring (bicyclic) bond motifs is 2. The average molecular weight is 445 g/mol. The summed E-state index contributed by atoms with van der Waals surface area (Å²) >= 11 is 0. The highest BCUT2D eigenvalue weighted by molar-refractivity contribution is 5.94. The number of rotatable bonds is 3. The monoisotopic (exact) mass is 445 g/mol. The minimum Gasteiger partial charge on any atom is -0.371 e. The van der Waals surface area contributed by atoms with Crippen molar-refractivity contribution in [3.05, 3.63) is 59.1 Å². The van der Waals surface area contributed by atoms with Crippen molar-refractivity contribution in [2.24, 2.45) is 11.8 Å². The summed E-state index contributed by atoms with van der Waals surface area (Å²) in [6.45, 7) is 9.54. The zero-order valence-corrected chi connectivity index (χ0v) is 18.0. The van der Waals surface area contributed by atoms with Crippen LogP contribution < -0.4 is 4.90 Å². The number of benzene rings is 1. The molecule has 1 N–H and O–H groups in total. The lowest BCUT2D eigenvalue weighted by Crippen LogP contribution is -2.35. The first-order chi connectivity index (χ1) is 15.2. The van der Waals surface area contributed by atoms with Crippen LogP contribution in [0.2, 0.25) is 0 Å². The normalized spacial score (nSPS) is 22.8. The molecule has 6 nitrogen and oxygen atoms in total. The van der Waals surface area contributed by atoms with Gasteiger partial charge in [-0.15, -0.1) is 0 Å². The van der Waals surface area contributed by atoms with E-state index in [4.69, 9.17) is 0 Å². The Morgan fingerprint density at radius 1 is 1.12 bits per heavy atom. The minimum atomic E-state index is -4.38. The molecule has 170 valence electrons. The third-order valence-corrected chi connectivity index (χ3v) is 7.00. The predicted octanol–water partition coefficient (Wildman–Crippen LogP) is 3.53. The fraction of sp³-hybridized carbons (Fsp3) is 0.478. The molecule has 3 aliphatic heterocycles. The van der Waals surface area contributed by atoms with Gasteiger partial charge >= 0.3 is 6.18 Å². The molecule has 2 aromatic rings. The van der Waals surface area contributed by atoms with Crippen molar-refractivity contribution >= 4 is 11.6 Å². The predicted molar refractivity (Wildman–Crippen MR) is 114 cm³/mol. The van der Waals surface area contributed by atoms with Crippen molar-refractivity contribution in [3.63, 3.8) is 0 Å². The number of nitrogens with one attached hydrogen (secondary N) is 1. The van der Waals surface area contributed by atoms with Gasteiger partial charge in [0.05, 0.1) is 5.56 Å². The summed E-state index contributed by atoms with van der Waals surface area (Å²) in [4.78, 5) is 19.0. The summed E-state index contributed by atoms with van der Waals surface area (Å²) < 4.78 is 40.3. The number of H-pyrrole nitrogens is 1. The van der Waals surface area contributed by atoms with Gasteiger partial charge in [-0.1, -0.05) is 18.7 Å². The quantitative estimate of drug-likeness (QED) is 0.786. The molecule has 9 heteroatoms. The maximum Gasteiger partial charge on any atom is 0.418 e.